The van der Waals surface area contributed by atoms with Gasteiger partial charge in [0.05, 0.1) is 22.8 Å². The molecule has 0 aliphatic carbocycles. The molecule has 0 bridgehead atoms. The first kappa shape index (κ1) is 25.0. The normalized spacial score (nSPS) is 12.3. The average Bonchev–Trinajstić information content (AvgIpc) is 2.81. The van der Waals surface area contributed by atoms with Gasteiger partial charge in [-0.15, -0.1) is 0 Å². The Balaban J connectivity index is 1.70. The maximum atomic E-state index is 13.1. The van der Waals surface area contributed by atoms with Gasteiger partial charge in [-0.2, -0.15) is 0 Å². The number of para-hydroxylation sites is 1. The molecule has 0 saturated heterocycles. The molecule has 1 amide bonds. The number of nitrogens with zero attached hydrogens (tertiary/aromatic N) is 2. The number of amides is 1. The van der Waals surface area contributed by atoms with Crippen molar-refractivity contribution >= 4 is 34.3 Å². The molecule has 1 heterocycles. The van der Waals surface area contributed by atoms with E-state index in [1.165, 1.54) is 17.3 Å². The van der Waals surface area contributed by atoms with Gasteiger partial charge in [0.1, 0.15) is 0 Å². The average molecular weight is 468 g/mol. The summed E-state index contributed by atoms with van der Waals surface area (Å²) in [6.45, 7) is 9.38. The van der Waals surface area contributed by atoms with Crippen molar-refractivity contribution in [3.8, 4) is 0 Å². The number of hydrogen-bond donors (Lipinski definition) is 1. The zero-order valence-electron chi connectivity index (χ0n) is 19.8. The summed E-state index contributed by atoms with van der Waals surface area (Å²) in [4.78, 5) is 30.4. The van der Waals surface area contributed by atoms with E-state index in [2.05, 4.69) is 36.3 Å². The summed E-state index contributed by atoms with van der Waals surface area (Å²) in [6, 6.07) is 15.3. The van der Waals surface area contributed by atoms with Gasteiger partial charge in [-0.3, -0.25) is 14.2 Å². The number of benzene rings is 2. The van der Waals surface area contributed by atoms with Gasteiger partial charge in [0.25, 0.3) is 5.56 Å². The summed E-state index contributed by atoms with van der Waals surface area (Å²) in [5.41, 5.74) is 2.58. The van der Waals surface area contributed by atoms with E-state index in [-0.39, 0.29) is 23.3 Å². The highest BCUT2D eigenvalue weighted by Crippen LogP contribution is 2.22. The number of nitrogens with one attached hydrogen (secondary N) is 1. The van der Waals surface area contributed by atoms with Crippen LogP contribution in [-0.4, -0.2) is 33.9 Å². The van der Waals surface area contributed by atoms with Gasteiger partial charge in [0.2, 0.25) is 5.91 Å². The molecule has 0 aliphatic heterocycles. The van der Waals surface area contributed by atoms with Crippen molar-refractivity contribution in [3.63, 3.8) is 0 Å². The van der Waals surface area contributed by atoms with Crippen molar-refractivity contribution in [2.75, 3.05) is 17.7 Å². The molecule has 1 atom stereocenters. The van der Waals surface area contributed by atoms with Gasteiger partial charge in [0.15, 0.2) is 5.16 Å². The Morgan fingerprint density at radius 1 is 1.12 bits per heavy atom. The predicted octanol–water partition coefficient (Wildman–Crippen LogP) is 5.46. The SMILES string of the molecule is CCC(C)c1ccc(NC(=O)CSc2nc3ccccc3c(=O)n2CCCOC(C)C)cc1. The quantitative estimate of drug-likeness (QED) is 0.230. The molecule has 33 heavy (non-hydrogen) atoms. The number of carbonyl (C=O) groups excluding carboxylic acids is 1. The lowest BCUT2D eigenvalue weighted by Crippen LogP contribution is -2.25. The minimum Gasteiger partial charge on any atom is -0.379 e. The summed E-state index contributed by atoms with van der Waals surface area (Å²) in [5, 5.41) is 4.07. The van der Waals surface area contributed by atoms with Gasteiger partial charge in [-0.05, 0) is 62.4 Å². The van der Waals surface area contributed by atoms with E-state index in [4.69, 9.17) is 4.74 Å². The van der Waals surface area contributed by atoms with Crippen molar-refractivity contribution in [2.24, 2.45) is 0 Å². The van der Waals surface area contributed by atoms with Crippen LogP contribution in [0.15, 0.2) is 58.5 Å². The minimum atomic E-state index is -0.131. The van der Waals surface area contributed by atoms with Crippen LogP contribution in [0.1, 0.15) is 52.0 Å². The Morgan fingerprint density at radius 3 is 2.55 bits per heavy atom. The minimum absolute atomic E-state index is 0.0892. The smallest absolute Gasteiger partial charge is 0.262 e. The lowest BCUT2D eigenvalue weighted by atomic mass is 9.99. The van der Waals surface area contributed by atoms with E-state index in [0.29, 0.717) is 41.5 Å². The van der Waals surface area contributed by atoms with Crippen LogP contribution in [0.4, 0.5) is 5.69 Å². The van der Waals surface area contributed by atoms with Gasteiger partial charge in [0, 0.05) is 18.8 Å². The molecule has 2 aromatic carbocycles. The number of aromatic nitrogens is 2. The highest BCUT2D eigenvalue weighted by Gasteiger charge is 2.14. The third-order valence-electron chi connectivity index (χ3n) is 5.51. The third kappa shape index (κ3) is 6.92. The molecular formula is C26H33N3O3S. The van der Waals surface area contributed by atoms with Crippen LogP contribution >= 0.6 is 11.8 Å². The van der Waals surface area contributed by atoms with E-state index in [1.54, 1.807) is 10.6 Å². The summed E-state index contributed by atoms with van der Waals surface area (Å²) >= 11 is 1.28. The van der Waals surface area contributed by atoms with Crippen LogP contribution in [0.25, 0.3) is 10.9 Å². The number of fused-ring (bicyclic) bond motifs is 1. The monoisotopic (exact) mass is 467 g/mol. The van der Waals surface area contributed by atoms with Crippen LogP contribution in [0.3, 0.4) is 0 Å². The Bertz CT molecular complexity index is 1130. The zero-order valence-corrected chi connectivity index (χ0v) is 20.7. The van der Waals surface area contributed by atoms with Crippen LogP contribution in [0.5, 0.6) is 0 Å². The van der Waals surface area contributed by atoms with Gasteiger partial charge in [-0.1, -0.05) is 49.9 Å². The summed E-state index contributed by atoms with van der Waals surface area (Å²) in [5.74, 6) is 0.528. The van der Waals surface area contributed by atoms with Gasteiger partial charge in [-0.25, -0.2) is 4.98 Å². The lowest BCUT2D eigenvalue weighted by molar-refractivity contribution is -0.113. The molecule has 3 aromatic rings. The van der Waals surface area contributed by atoms with Crippen LogP contribution in [-0.2, 0) is 16.1 Å². The van der Waals surface area contributed by atoms with Crippen molar-refractivity contribution in [1.82, 2.24) is 9.55 Å². The molecular weight excluding hydrogens is 434 g/mol. The number of thioether (sulfide) groups is 1. The first-order valence-corrected chi connectivity index (χ1v) is 12.5. The Morgan fingerprint density at radius 2 is 1.85 bits per heavy atom. The highest BCUT2D eigenvalue weighted by molar-refractivity contribution is 7.99. The largest absolute Gasteiger partial charge is 0.379 e. The first-order valence-electron chi connectivity index (χ1n) is 11.5. The maximum Gasteiger partial charge on any atom is 0.262 e. The predicted molar refractivity (Wildman–Crippen MR) is 136 cm³/mol. The van der Waals surface area contributed by atoms with Gasteiger partial charge >= 0.3 is 0 Å². The molecule has 7 heteroatoms. The summed E-state index contributed by atoms with van der Waals surface area (Å²) in [6.07, 6.45) is 1.92. The van der Waals surface area contributed by atoms with E-state index in [9.17, 15) is 9.59 Å². The second-order valence-electron chi connectivity index (χ2n) is 8.41. The van der Waals surface area contributed by atoms with E-state index >= 15 is 0 Å². The zero-order chi connectivity index (χ0) is 23.8. The summed E-state index contributed by atoms with van der Waals surface area (Å²) in [7, 11) is 0. The lowest BCUT2D eigenvalue weighted by Gasteiger charge is -2.14. The molecule has 0 fully saturated rings. The Kier molecular flexibility index (Phi) is 9.09. The van der Waals surface area contributed by atoms with E-state index in [1.807, 2.05) is 44.2 Å². The fraction of sp³-hybridized carbons (Fsp3) is 0.423. The number of hydrogen-bond acceptors (Lipinski definition) is 5. The van der Waals surface area contributed by atoms with Crippen molar-refractivity contribution in [1.29, 1.82) is 0 Å². The first-order chi connectivity index (χ1) is 15.9. The molecule has 0 spiro atoms. The molecule has 1 aromatic heterocycles. The molecule has 0 saturated carbocycles. The molecule has 0 aliphatic rings. The van der Waals surface area contributed by atoms with Crippen LogP contribution < -0.4 is 10.9 Å². The summed E-state index contributed by atoms with van der Waals surface area (Å²) < 4.78 is 7.28. The van der Waals surface area contributed by atoms with E-state index in [0.717, 1.165) is 12.1 Å². The number of anilines is 1. The third-order valence-corrected chi connectivity index (χ3v) is 6.49. The fourth-order valence-corrected chi connectivity index (χ4v) is 4.28. The Labute approximate surface area is 199 Å². The molecule has 176 valence electrons. The molecule has 3 rings (SSSR count). The number of carbonyl (C=O) groups is 1. The topological polar surface area (TPSA) is 73.2 Å². The number of ether oxygens (including phenoxy) is 1. The standard InChI is InChI=1S/C26H33N3O3S/c1-5-19(4)20-11-13-21(14-12-20)27-24(30)17-33-26-28-23-10-7-6-9-22(23)25(31)29(26)15-8-16-32-18(2)3/h6-7,9-14,18-19H,5,8,15-17H2,1-4H3,(H,27,30). The Hall–Kier alpha value is -2.64. The van der Waals surface area contributed by atoms with Gasteiger partial charge < -0.3 is 10.1 Å². The maximum absolute atomic E-state index is 13.1. The van der Waals surface area contributed by atoms with Crippen molar-refractivity contribution in [2.45, 2.75) is 64.3 Å². The second-order valence-corrected chi connectivity index (χ2v) is 9.35. The van der Waals surface area contributed by atoms with E-state index < -0.39 is 0 Å². The molecule has 1 unspecified atom stereocenters. The molecule has 0 radical (unpaired) electrons. The number of rotatable bonds is 11. The fourth-order valence-electron chi connectivity index (χ4n) is 3.45. The van der Waals surface area contributed by atoms with Crippen LogP contribution in [0.2, 0.25) is 0 Å². The van der Waals surface area contributed by atoms with Crippen molar-refractivity contribution < 1.29 is 9.53 Å². The van der Waals surface area contributed by atoms with Crippen molar-refractivity contribution in [3.05, 3.63) is 64.4 Å². The molecule has 6 nitrogen and oxygen atoms in total. The van der Waals surface area contributed by atoms with Crippen LogP contribution in [0, 0.1) is 0 Å². The second kappa shape index (κ2) is 12.0. The molecule has 1 N–H and O–H groups in total. The highest BCUT2D eigenvalue weighted by atomic mass is 32.2.